The van der Waals surface area contributed by atoms with Gasteiger partial charge in [-0.1, -0.05) is 0 Å². The summed E-state index contributed by atoms with van der Waals surface area (Å²) in [7, 11) is 3.27. The Kier molecular flexibility index (Phi) is 3.25. The molecule has 1 N–H and O–H groups in total. The van der Waals surface area contributed by atoms with Crippen LogP contribution < -0.4 is 4.90 Å². The second kappa shape index (κ2) is 4.26. The molecule has 0 aromatic carbocycles. The van der Waals surface area contributed by atoms with E-state index in [0.717, 1.165) is 0 Å². The second-order valence-electron chi connectivity index (χ2n) is 3.50. The Morgan fingerprint density at radius 2 is 2.40 bits per heavy atom. The van der Waals surface area contributed by atoms with Crippen LogP contribution in [0, 0.1) is 10.1 Å². The lowest BCUT2D eigenvalue weighted by molar-refractivity contribution is -0.384. The molecule has 1 aromatic rings. The highest BCUT2D eigenvalue weighted by Crippen LogP contribution is 2.24. The van der Waals surface area contributed by atoms with E-state index in [0.29, 0.717) is 6.54 Å². The monoisotopic (exact) mass is 214 g/mol. The van der Waals surface area contributed by atoms with Gasteiger partial charge in [0.05, 0.1) is 11.0 Å². The van der Waals surface area contributed by atoms with Gasteiger partial charge in [0.25, 0.3) is 0 Å². The molecule has 0 aliphatic carbocycles. The van der Waals surface area contributed by atoms with Crippen molar-refractivity contribution in [3.63, 3.8) is 0 Å². The SMILES string of the molecule is CC(O)CN(C)c1nn(C)cc1[N+](=O)[O-]. The predicted molar refractivity (Wildman–Crippen MR) is 54.8 cm³/mol. The lowest BCUT2D eigenvalue weighted by Crippen LogP contribution is -2.27. The van der Waals surface area contributed by atoms with Crippen molar-refractivity contribution in [2.75, 3.05) is 18.5 Å². The third-order valence-corrected chi connectivity index (χ3v) is 1.89. The molecule has 1 rings (SSSR count). The highest BCUT2D eigenvalue weighted by atomic mass is 16.6. The molecule has 7 nitrogen and oxygen atoms in total. The van der Waals surface area contributed by atoms with Crippen LogP contribution in [0.3, 0.4) is 0 Å². The molecule has 0 amide bonds. The van der Waals surface area contributed by atoms with Crippen molar-refractivity contribution in [3.8, 4) is 0 Å². The van der Waals surface area contributed by atoms with E-state index in [-0.39, 0.29) is 11.5 Å². The van der Waals surface area contributed by atoms with Crippen molar-refractivity contribution in [2.45, 2.75) is 13.0 Å². The maximum Gasteiger partial charge on any atom is 0.330 e. The summed E-state index contributed by atoms with van der Waals surface area (Å²) in [5.41, 5.74) is -0.0550. The van der Waals surface area contributed by atoms with Gasteiger partial charge in [0.15, 0.2) is 0 Å². The number of anilines is 1. The fourth-order valence-electron chi connectivity index (χ4n) is 1.35. The zero-order chi connectivity index (χ0) is 11.6. The second-order valence-corrected chi connectivity index (χ2v) is 3.50. The summed E-state index contributed by atoms with van der Waals surface area (Å²) < 4.78 is 1.38. The minimum absolute atomic E-state index is 0.0550. The van der Waals surface area contributed by atoms with Crippen LogP contribution in [-0.4, -0.2) is 39.5 Å². The van der Waals surface area contributed by atoms with Crippen LogP contribution >= 0.6 is 0 Å². The van der Waals surface area contributed by atoms with Gasteiger partial charge < -0.3 is 10.0 Å². The van der Waals surface area contributed by atoms with Crippen LogP contribution in [0.1, 0.15) is 6.92 Å². The van der Waals surface area contributed by atoms with Gasteiger partial charge in [-0.2, -0.15) is 0 Å². The Balaban J connectivity index is 2.96. The Labute approximate surface area is 87.1 Å². The summed E-state index contributed by atoms with van der Waals surface area (Å²) in [5.74, 6) is 0.267. The minimum atomic E-state index is -0.559. The van der Waals surface area contributed by atoms with Crippen molar-refractivity contribution < 1.29 is 10.0 Å². The van der Waals surface area contributed by atoms with E-state index in [1.54, 1.807) is 25.9 Å². The fourth-order valence-corrected chi connectivity index (χ4v) is 1.35. The first-order chi connectivity index (χ1) is 6.91. The highest BCUT2D eigenvalue weighted by molar-refractivity contribution is 5.56. The van der Waals surface area contributed by atoms with Crippen LogP contribution in [0.15, 0.2) is 6.20 Å². The molecule has 1 unspecified atom stereocenters. The Morgan fingerprint density at radius 3 is 2.87 bits per heavy atom. The molecule has 0 spiro atoms. The van der Waals surface area contributed by atoms with Crippen molar-refractivity contribution in [1.82, 2.24) is 9.78 Å². The zero-order valence-corrected chi connectivity index (χ0v) is 8.91. The van der Waals surface area contributed by atoms with Crippen LogP contribution in [-0.2, 0) is 7.05 Å². The number of hydrogen-bond acceptors (Lipinski definition) is 5. The smallest absolute Gasteiger partial charge is 0.330 e. The number of aromatic nitrogens is 2. The standard InChI is InChI=1S/C8H14N4O3/c1-6(13)4-10(2)8-7(12(14)15)5-11(3)9-8/h5-6,13H,4H2,1-3H3. The quantitative estimate of drug-likeness (QED) is 0.569. The van der Waals surface area contributed by atoms with Crippen LogP contribution in [0.25, 0.3) is 0 Å². The number of aliphatic hydroxyl groups is 1. The molecule has 0 radical (unpaired) electrons. The number of rotatable bonds is 4. The lowest BCUT2D eigenvalue weighted by Gasteiger charge is -2.16. The first-order valence-electron chi connectivity index (χ1n) is 4.49. The summed E-state index contributed by atoms with van der Waals surface area (Å²) >= 11 is 0. The van der Waals surface area contributed by atoms with Crippen LogP contribution in [0.2, 0.25) is 0 Å². The summed E-state index contributed by atoms with van der Waals surface area (Å²) in [6, 6.07) is 0. The summed E-state index contributed by atoms with van der Waals surface area (Å²) in [6.45, 7) is 1.92. The first kappa shape index (κ1) is 11.4. The molecular weight excluding hydrogens is 200 g/mol. The van der Waals surface area contributed by atoms with Crippen LogP contribution in [0.5, 0.6) is 0 Å². The normalized spacial score (nSPS) is 12.5. The number of likely N-dealkylation sites (N-methyl/N-ethyl adjacent to an activating group) is 1. The van der Waals surface area contributed by atoms with Gasteiger partial charge in [0.2, 0.25) is 5.82 Å². The maximum absolute atomic E-state index is 10.7. The van der Waals surface area contributed by atoms with E-state index in [1.807, 2.05) is 0 Å². The summed E-state index contributed by atoms with van der Waals surface area (Å²) in [6.07, 6.45) is 0.782. The molecule has 84 valence electrons. The van der Waals surface area contributed by atoms with Gasteiger partial charge in [0, 0.05) is 20.6 Å². The largest absolute Gasteiger partial charge is 0.392 e. The third-order valence-electron chi connectivity index (χ3n) is 1.89. The van der Waals surface area contributed by atoms with Gasteiger partial charge >= 0.3 is 5.69 Å². The van der Waals surface area contributed by atoms with E-state index in [1.165, 1.54) is 10.9 Å². The summed E-state index contributed by atoms with van der Waals surface area (Å²) in [5, 5.41) is 23.8. The third kappa shape index (κ3) is 2.66. The first-order valence-corrected chi connectivity index (χ1v) is 4.49. The van der Waals surface area contributed by atoms with E-state index in [2.05, 4.69) is 5.10 Å². The van der Waals surface area contributed by atoms with E-state index >= 15 is 0 Å². The molecule has 0 aliphatic rings. The van der Waals surface area contributed by atoms with Crippen molar-refractivity contribution in [1.29, 1.82) is 0 Å². The van der Waals surface area contributed by atoms with Gasteiger partial charge in [0.1, 0.15) is 6.20 Å². The lowest BCUT2D eigenvalue weighted by atomic mass is 10.3. The van der Waals surface area contributed by atoms with Gasteiger partial charge in [-0.3, -0.25) is 14.8 Å². The average Bonchev–Trinajstić information content (AvgIpc) is 2.46. The molecule has 1 atom stereocenters. The molecule has 1 heterocycles. The topological polar surface area (TPSA) is 84.4 Å². The molecule has 0 saturated carbocycles. The fraction of sp³-hybridized carbons (Fsp3) is 0.625. The van der Waals surface area contributed by atoms with E-state index in [9.17, 15) is 15.2 Å². The number of nitro groups is 1. The van der Waals surface area contributed by atoms with Crippen LogP contribution in [0.4, 0.5) is 11.5 Å². The Bertz CT molecular complexity index is 361. The van der Waals surface area contributed by atoms with Crippen molar-refractivity contribution in [3.05, 3.63) is 16.3 Å². The average molecular weight is 214 g/mol. The van der Waals surface area contributed by atoms with Crippen molar-refractivity contribution >= 4 is 11.5 Å². The molecular formula is C8H14N4O3. The minimum Gasteiger partial charge on any atom is -0.392 e. The molecule has 7 heteroatoms. The number of nitrogens with zero attached hydrogens (tertiary/aromatic N) is 4. The van der Waals surface area contributed by atoms with Gasteiger partial charge in [-0.25, -0.2) is 0 Å². The highest BCUT2D eigenvalue weighted by Gasteiger charge is 2.22. The summed E-state index contributed by atoms with van der Waals surface area (Å²) in [4.78, 5) is 11.8. The van der Waals surface area contributed by atoms with Gasteiger partial charge in [-0.15, -0.1) is 5.10 Å². The molecule has 1 aromatic heterocycles. The number of hydrogen-bond donors (Lipinski definition) is 1. The molecule has 0 saturated heterocycles. The molecule has 0 bridgehead atoms. The maximum atomic E-state index is 10.7. The van der Waals surface area contributed by atoms with E-state index in [4.69, 9.17) is 0 Å². The molecule has 15 heavy (non-hydrogen) atoms. The van der Waals surface area contributed by atoms with Crippen molar-refractivity contribution in [2.24, 2.45) is 7.05 Å². The predicted octanol–water partition coefficient (Wildman–Crippen LogP) is 0.145. The zero-order valence-electron chi connectivity index (χ0n) is 8.91. The molecule has 0 aliphatic heterocycles. The number of aryl methyl sites for hydroxylation is 1. The van der Waals surface area contributed by atoms with Gasteiger partial charge in [-0.05, 0) is 6.92 Å². The Morgan fingerprint density at radius 1 is 1.80 bits per heavy atom. The Hall–Kier alpha value is -1.63. The number of aliphatic hydroxyl groups excluding tert-OH is 1. The van der Waals surface area contributed by atoms with E-state index < -0.39 is 11.0 Å². The molecule has 0 fully saturated rings.